The van der Waals surface area contributed by atoms with Crippen LogP contribution < -0.4 is 15.4 Å². The Morgan fingerprint density at radius 2 is 1.90 bits per heavy atom. The highest BCUT2D eigenvalue weighted by atomic mass is 32.2. The Morgan fingerprint density at radius 1 is 1.20 bits per heavy atom. The van der Waals surface area contributed by atoms with E-state index in [4.69, 9.17) is 9.26 Å². The van der Waals surface area contributed by atoms with E-state index in [9.17, 15) is 23.1 Å². The van der Waals surface area contributed by atoms with Gasteiger partial charge in [0, 0.05) is 25.2 Å². The van der Waals surface area contributed by atoms with Crippen molar-refractivity contribution < 1.29 is 32.4 Å². The number of nitrogens with one attached hydrogen (secondary N) is 2. The number of hydrogen-bond donors (Lipinski definition) is 3. The molecule has 220 valence electrons. The highest BCUT2D eigenvalue weighted by Crippen LogP contribution is 2.31. The Balaban J connectivity index is 1.62. The van der Waals surface area contributed by atoms with Gasteiger partial charge in [-0.2, -0.15) is 4.31 Å². The van der Waals surface area contributed by atoms with Gasteiger partial charge in [0.2, 0.25) is 10.0 Å². The Labute approximate surface area is 239 Å². The first-order valence-electron chi connectivity index (χ1n) is 13.2. The summed E-state index contributed by atoms with van der Waals surface area (Å²) < 4.78 is 39.0. The molecule has 13 heteroatoms. The maximum atomic E-state index is 13.7. The minimum absolute atomic E-state index is 0.0210. The minimum atomic E-state index is -3.79. The van der Waals surface area contributed by atoms with Crippen molar-refractivity contribution in [3.63, 3.8) is 0 Å². The molecule has 0 unspecified atom stereocenters. The summed E-state index contributed by atoms with van der Waals surface area (Å²) in [6.07, 6.45) is -0.625. The lowest BCUT2D eigenvalue weighted by atomic mass is 9.99. The highest BCUT2D eigenvalue weighted by molar-refractivity contribution is 7.89. The molecule has 12 nitrogen and oxygen atoms in total. The zero-order chi connectivity index (χ0) is 29.9. The van der Waals surface area contributed by atoms with Crippen LogP contribution in [0.15, 0.2) is 57.9 Å². The van der Waals surface area contributed by atoms with E-state index in [0.717, 1.165) is 0 Å². The lowest BCUT2D eigenvalue weighted by molar-refractivity contribution is 0.0387. The van der Waals surface area contributed by atoms with Gasteiger partial charge in [-0.15, -0.1) is 0 Å². The Bertz CT molecular complexity index is 1490. The first kappa shape index (κ1) is 30.0. The number of aliphatic hydroxyl groups is 1. The van der Waals surface area contributed by atoms with Crippen molar-refractivity contribution in [3.05, 3.63) is 65.5 Å². The molecule has 41 heavy (non-hydrogen) atoms. The van der Waals surface area contributed by atoms with E-state index >= 15 is 0 Å². The van der Waals surface area contributed by atoms with Crippen LogP contribution in [0, 0.1) is 19.8 Å². The Kier molecular flexibility index (Phi) is 9.00. The van der Waals surface area contributed by atoms with Crippen molar-refractivity contribution in [2.24, 2.45) is 5.92 Å². The fraction of sp³-hybridized carbons (Fsp3) is 0.393. The number of hydrogen-bond acceptors (Lipinski definition) is 8. The summed E-state index contributed by atoms with van der Waals surface area (Å²) in [5.74, 6) is 0.0244. The maximum Gasteiger partial charge on any atom is 0.323 e. The van der Waals surface area contributed by atoms with Gasteiger partial charge >= 0.3 is 6.03 Å². The summed E-state index contributed by atoms with van der Waals surface area (Å²) in [5, 5.41) is 19.1. The second kappa shape index (κ2) is 12.3. The molecule has 4 rings (SSSR count). The van der Waals surface area contributed by atoms with Crippen LogP contribution >= 0.6 is 0 Å². The summed E-state index contributed by atoms with van der Waals surface area (Å²) in [6.45, 7) is 6.95. The fourth-order valence-corrected chi connectivity index (χ4v) is 5.78. The number of carbonyl (C=O) groups is 2. The Hall–Kier alpha value is -3.94. The molecule has 1 aromatic heterocycles. The molecule has 0 fully saturated rings. The molecule has 2 aromatic carbocycles. The fourth-order valence-electron chi connectivity index (χ4n) is 4.58. The van der Waals surface area contributed by atoms with Gasteiger partial charge in [0.15, 0.2) is 5.76 Å². The predicted octanol–water partition coefficient (Wildman–Crippen LogP) is 3.48. The zero-order valence-corrected chi connectivity index (χ0v) is 24.4. The molecule has 2 heterocycles. The molecule has 3 atom stereocenters. The van der Waals surface area contributed by atoms with E-state index in [1.54, 1.807) is 56.0 Å². The van der Waals surface area contributed by atoms with Crippen LogP contribution in [0.1, 0.15) is 35.7 Å². The average Bonchev–Trinajstić information content (AvgIpc) is 3.27. The number of rotatable bonds is 8. The van der Waals surface area contributed by atoms with Gasteiger partial charge in [-0.05, 0) is 51.1 Å². The highest BCUT2D eigenvalue weighted by Gasteiger charge is 2.35. The van der Waals surface area contributed by atoms with Crippen molar-refractivity contribution in [1.29, 1.82) is 0 Å². The van der Waals surface area contributed by atoms with Gasteiger partial charge in [-0.25, -0.2) is 13.2 Å². The van der Waals surface area contributed by atoms with Crippen molar-refractivity contribution in [2.45, 2.75) is 44.7 Å². The molecule has 1 aliphatic rings. The quantitative estimate of drug-likeness (QED) is 0.363. The second-order valence-electron chi connectivity index (χ2n) is 10.2. The lowest BCUT2D eigenvalue weighted by Crippen LogP contribution is -2.50. The average molecular weight is 586 g/mol. The van der Waals surface area contributed by atoms with E-state index in [2.05, 4.69) is 15.8 Å². The number of amides is 3. The molecular formula is C28H35N5O7S. The van der Waals surface area contributed by atoms with Gasteiger partial charge in [-0.1, -0.05) is 30.3 Å². The van der Waals surface area contributed by atoms with Crippen molar-refractivity contribution >= 4 is 33.3 Å². The molecule has 0 radical (unpaired) electrons. The third-order valence-corrected chi connectivity index (χ3v) is 8.92. The second-order valence-corrected chi connectivity index (χ2v) is 12.3. The van der Waals surface area contributed by atoms with E-state index in [0.29, 0.717) is 22.8 Å². The van der Waals surface area contributed by atoms with Crippen LogP contribution in [0.4, 0.5) is 16.2 Å². The van der Waals surface area contributed by atoms with Crippen LogP contribution in [0.25, 0.3) is 0 Å². The third-order valence-electron chi connectivity index (χ3n) is 7.08. The number of urea groups is 1. The summed E-state index contributed by atoms with van der Waals surface area (Å²) >= 11 is 0. The summed E-state index contributed by atoms with van der Waals surface area (Å²) in [7, 11) is -2.30. The molecular weight excluding hydrogens is 550 g/mol. The largest absolute Gasteiger partial charge is 0.488 e. The first-order valence-corrected chi connectivity index (χ1v) is 14.6. The van der Waals surface area contributed by atoms with E-state index in [1.807, 2.05) is 6.92 Å². The standard InChI is InChI=1S/C28H35N5O7S/c1-17-14-33(18(2)16-34)27(35)23-13-21(29-28(36)30-26-19(3)31-40-20(26)4)11-12-24(23)39-25(17)15-32(5)41(37,38)22-9-7-6-8-10-22/h6-13,17-18,25,34H,14-16H2,1-5H3,(H2,29,30,36)/t17-,18+,25+/m0/s1. The molecule has 1 aliphatic heterocycles. The van der Waals surface area contributed by atoms with Gasteiger partial charge < -0.3 is 29.9 Å². The van der Waals surface area contributed by atoms with Crippen LogP contribution in [0.3, 0.4) is 0 Å². The molecule has 3 aromatic rings. The lowest BCUT2D eigenvalue weighted by Gasteiger charge is -2.38. The van der Waals surface area contributed by atoms with E-state index < -0.39 is 28.2 Å². The predicted molar refractivity (Wildman–Crippen MR) is 152 cm³/mol. The SMILES string of the molecule is Cc1noc(C)c1NC(=O)Nc1ccc2c(c1)C(=O)N([C@H](C)CO)C[C@H](C)[C@@H](CN(C)S(=O)(=O)c1ccccc1)O2. The number of carbonyl (C=O) groups excluding carboxylic acids is 2. The number of ether oxygens (including phenoxy) is 1. The van der Waals surface area contributed by atoms with Crippen molar-refractivity contribution in [1.82, 2.24) is 14.4 Å². The van der Waals surface area contributed by atoms with Crippen molar-refractivity contribution in [2.75, 3.05) is 37.4 Å². The smallest absolute Gasteiger partial charge is 0.323 e. The van der Waals surface area contributed by atoms with Crippen molar-refractivity contribution in [3.8, 4) is 5.75 Å². The number of aryl methyl sites for hydroxylation is 2. The number of sulfonamides is 1. The normalized spacial score (nSPS) is 18.2. The first-order chi connectivity index (χ1) is 19.4. The number of aromatic nitrogens is 1. The maximum absolute atomic E-state index is 13.7. The molecule has 3 amide bonds. The van der Waals surface area contributed by atoms with Gasteiger partial charge in [0.25, 0.3) is 5.91 Å². The number of anilines is 2. The molecule has 0 bridgehead atoms. The van der Waals surface area contributed by atoms with Crippen LogP contribution in [0.2, 0.25) is 0 Å². The number of nitrogens with zero attached hydrogens (tertiary/aromatic N) is 3. The summed E-state index contributed by atoms with van der Waals surface area (Å²) in [5.41, 5.74) is 1.47. The molecule has 0 saturated heterocycles. The monoisotopic (exact) mass is 585 g/mol. The molecule has 0 saturated carbocycles. The van der Waals surface area contributed by atoms with E-state index in [-0.39, 0.29) is 47.7 Å². The zero-order valence-electron chi connectivity index (χ0n) is 23.6. The number of likely N-dealkylation sites (N-methyl/N-ethyl adjacent to an activating group) is 1. The Morgan fingerprint density at radius 3 is 2.54 bits per heavy atom. The topological polar surface area (TPSA) is 154 Å². The number of benzene rings is 2. The van der Waals surface area contributed by atoms with Gasteiger partial charge in [0.05, 0.1) is 29.7 Å². The third kappa shape index (κ3) is 6.53. The summed E-state index contributed by atoms with van der Waals surface area (Å²) in [6, 6.07) is 11.7. The van der Waals surface area contributed by atoms with Gasteiger partial charge in [-0.3, -0.25) is 4.79 Å². The molecule has 0 aliphatic carbocycles. The van der Waals surface area contributed by atoms with Crippen LogP contribution in [-0.4, -0.2) is 78.7 Å². The molecule has 0 spiro atoms. The summed E-state index contributed by atoms with van der Waals surface area (Å²) in [4.78, 5) is 28.1. The van der Waals surface area contributed by atoms with Gasteiger partial charge in [0.1, 0.15) is 23.2 Å². The van der Waals surface area contributed by atoms with E-state index in [1.165, 1.54) is 29.6 Å². The number of fused-ring (bicyclic) bond motifs is 1. The number of aliphatic hydroxyl groups excluding tert-OH is 1. The molecule has 3 N–H and O–H groups in total. The minimum Gasteiger partial charge on any atom is -0.488 e. The van der Waals surface area contributed by atoms with Crippen LogP contribution in [-0.2, 0) is 10.0 Å². The van der Waals surface area contributed by atoms with Crippen LogP contribution in [0.5, 0.6) is 5.75 Å².